The standard InChI is InChI=1S/C48H31NO2/c1-3-13-33(14-4-1)37-30-27-35(31-42(37)34-15-5-2-6-16-34)32-25-28-36(29-26-32)49(43-21-11-19-40-38-17-7-9-23-45(38)50-47(40)43)44-22-12-20-41-39-18-8-10-24-46(39)51-48(41)44/h1-31H/i7D,9D,11D,17D,19D,21D,23D. The van der Waals surface area contributed by atoms with Gasteiger partial charge in [0, 0.05) is 27.2 Å². The quantitative estimate of drug-likeness (QED) is 0.178. The Labute approximate surface area is 305 Å². The molecule has 51 heavy (non-hydrogen) atoms. The Morgan fingerprint density at radius 1 is 0.392 bits per heavy atom. The van der Waals surface area contributed by atoms with Crippen LogP contribution in [0.5, 0.6) is 0 Å². The SMILES string of the molecule is [2H]c1c([2H])c([2H])c2c(oc3c(N(c4ccc(-c5ccc(-c6ccccc6)c(-c6ccccc6)c5)cc4)c4cccc5c4oc4ccccc45)c([2H])c([2H])c([2H])c32)c1[2H]. The van der Waals surface area contributed by atoms with Crippen LogP contribution in [-0.2, 0) is 0 Å². The second-order valence-electron chi connectivity index (χ2n) is 12.4. The molecule has 0 saturated heterocycles. The molecule has 3 nitrogen and oxygen atoms in total. The van der Waals surface area contributed by atoms with Gasteiger partial charge in [-0.2, -0.15) is 0 Å². The maximum atomic E-state index is 9.39. The third kappa shape index (κ3) is 4.90. The van der Waals surface area contributed by atoms with E-state index in [-0.39, 0.29) is 45.8 Å². The molecule has 0 spiro atoms. The lowest BCUT2D eigenvalue weighted by Crippen LogP contribution is -2.10. The van der Waals surface area contributed by atoms with Gasteiger partial charge in [0.2, 0.25) is 0 Å². The van der Waals surface area contributed by atoms with Crippen LogP contribution in [0.3, 0.4) is 0 Å². The van der Waals surface area contributed by atoms with Gasteiger partial charge in [-0.05, 0) is 75.8 Å². The topological polar surface area (TPSA) is 29.5 Å². The summed E-state index contributed by atoms with van der Waals surface area (Å²) in [6.07, 6.45) is 0. The number of benzene rings is 8. The minimum atomic E-state index is -0.478. The van der Waals surface area contributed by atoms with E-state index in [0.717, 1.165) is 44.2 Å². The summed E-state index contributed by atoms with van der Waals surface area (Å²) in [5, 5.41) is 1.75. The summed E-state index contributed by atoms with van der Waals surface area (Å²) in [4.78, 5) is 1.77. The first-order chi connectivity index (χ1) is 28.2. The van der Waals surface area contributed by atoms with Crippen molar-refractivity contribution in [3.05, 3.63) is 188 Å². The van der Waals surface area contributed by atoms with Gasteiger partial charge >= 0.3 is 0 Å². The van der Waals surface area contributed by atoms with Gasteiger partial charge in [0.15, 0.2) is 11.2 Å². The molecular weight excluding hydrogens is 623 g/mol. The van der Waals surface area contributed by atoms with Crippen molar-refractivity contribution in [3.63, 3.8) is 0 Å². The number of nitrogens with zero attached hydrogens (tertiary/aromatic N) is 1. The third-order valence-corrected chi connectivity index (χ3v) is 9.41. The first-order valence-electron chi connectivity index (χ1n) is 20.2. The van der Waals surface area contributed by atoms with Crippen molar-refractivity contribution in [3.8, 4) is 33.4 Å². The molecular formula is C48H31NO2. The van der Waals surface area contributed by atoms with E-state index in [9.17, 15) is 1.37 Å². The molecule has 0 fully saturated rings. The van der Waals surface area contributed by atoms with Crippen LogP contribution in [-0.4, -0.2) is 0 Å². The van der Waals surface area contributed by atoms with Gasteiger partial charge in [-0.3, -0.25) is 0 Å². The van der Waals surface area contributed by atoms with Crippen LogP contribution in [0.15, 0.2) is 197 Å². The molecule has 0 saturated carbocycles. The van der Waals surface area contributed by atoms with Crippen LogP contribution in [0.1, 0.15) is 9.60 Å². The average Bonchev–Trinajstić information content (AvgIpc) is 3.86. The van der Waals surface area contributed by atoms with Crippen LogP contribution in [0.4, 0.5) is 17.1 Å². The molecule has 0 unspecified atom stereocenters. The Balaban J connectivity index is 1.22. The Hall–Kier alpha value is -6.84. The van der Waals surface area contributed by atoms with Gasteiger partial charge in [0.05, 0.1) is 21.0 Å². The number of anilines is 3. The molecule has 3 heteroatoms. The number of furan rings is 2. The molecule has 10 rings (SSSR count). The summed E-state index contributed by atoms with van der Waals surface area (Å²) < 4.78 is 74.5. The predicted octanol–water partition coefficient (Wildman–Crippen LogP) is 14.0. The highest BCUT2D eigenvalue weighted by Gasteiger charge is 2.23. The molecule has 0 atom stereocenters. The zero-order valence-electron chi connectivity index (χ0n) is 34.1. The lowest BCUT2D eigenvalue weighted by Gasteiger charge is -2.26. The fourth-order valence-corrected chi connectivity index (χ4v) is 7.02. The summed E-state index contributed by atoms with van der Waals surface area (Å²) in [5.41, 5.74) is 8.59. The Morgan fingerprint density at radius 3 is 1.86 bits per heavy atom. The molecule has 240 valence electrons. The third-order valence-electron chi connectivity index (χ3n) is 9.41. The number of hydrogen-bond donors (Lipinski definition) is 0. The van der Waals surface area contributed by atoms with Gasteiger partial charge in [0.1, 0.15) is 11.2 Å². The highest BCUT2D eigenvalue weighted by atomic mass is 16.3. The molecule has 8 aromatic carbocycles. The van der Waals surface area contributed by atoms with Gasteiger partial charge in [0.25, 0.3) is 0 Å². The van der Waals surface area contributed by atoms with Crippen LogP contribution in [0.25, 0.3) is 77.3 Å². The molecule has 10 aromatic rings. The number of rotatable bonds is 6. The second-order valence-corrected chi connectivity index (χ2v) is 12.4. The van der Waals surface area contributed by atoms with Crippen molar-refractivity contribution in [2.75, 3.05) is 4.90 Å². The summed E-state index contributed by atoms with van der Waals surface area (Å²) in [6.45, 7) is 0. The molecule has 0 aliphatic rings. The van der Waals surface area contributed by atoms with Gasteiger partial charge in [-0.15, -0.1) is 0 Å². The Bertz CT molecular complexity index is 3250. The van der Waals surface area contributed by atoms with Gasteiger partial charge in [-0.25, -0.2) is 0 Å². The van der Waals surface area contributed by atoms with E-state index in [2.05, 4.69) is 42.5 Å². The van der Waals surface area contributed by atoms with E-state index in [1.54, 1.807) is 4.90 Å². The van der Waals surface area contributed by atoms with Crippen molar-refractivity contribution >= 4 is 60.9 Å². The lowest BCUT2D eigenvalue weighted by molar-refractivity contribution is 0.666. The van der Waals surface area contributed by atoms with Crippen molar-refractivity contribution in [1.29, 1.82) is 0 Å². The van der Waals surface area contributed by atoms with Crippen LogP contribution in [0.2, 0.25) is 0 Å². The minimum absolute atomic E-state index is 0.00538. The lowest BCUT2D eigenvalue weighted by atomic mass is 9.91. The summed E-state index contributed by atoms with van der Waals surface area (Å²) >= 11 is 0. The maximum absolute atomic E-state index is 9.39. The van der Waals surface area contributed by atoms with E-state index in [4.69, 9.17) is 17.1 Å². The van der Waals surface area contributed by atoms with Crippen molar-refractivity contribution in [2.45, 2.75) is 0 Å². The van der Waals surface area contributed by atoms with Crippen LogP contribution in [0, 0.1) is 0 Å². The zero-order chi connectivity index (χ0) is 39.8. The molecule has 2 heterocycles. The molecule has 0 radical (unpaired) electrons. The molecule has 0 aliphatic heterocycles. The molecule has 0 N–H and O–H groups in total. The maximum Gasteiger partial charge on any atom is 0.159 e. The molecule has 0 amide bonds. The first-order valence-corrected chi connectivity index (χ1v) is 16.7. The predicted molar refractivity (Wildman–Crippen MR) is 212 cm³/mol. The molecule has 2 aromatic heterocycles. The highest BCUT2D eigenvalue weighted by Crippen LogP contribution is 2.46. The van der Waals surface area contributed by atoms with Crippen molar-refractivity contribution in [1.82, 2.24) is 0 Å². The van der Waals surface area contributed by atoms with Gasteiger partial charge in [-0.1, -0.05) is 145 Å². The monoisotopic (exact) mass is 660 g/mol. The number of fused-ring (bicyclic) bond motifs is 6. The molecule has 0 aliphatic carbocycles. The Kier molecular flexibility index (Phi) is 5.32. The first kappa shape index (κ1) is 22.7. The van der Waals surface area contributed by atoms with E-state index >= 15 is 0 Å². The smallest absolute Gasteiger partial charge is 0.159 e. The largest absolute Gasteiger partial charge is 0.454 e. The summed E-state index contributed by atoms with van der Waals surface area (Å²) in [6, 6.07) is 45.4. The normalized spacial score (nSPS) is 13.5. The van der Waals surface area contributed by atoms with Crippen LogP contribution >= 0.6 is 0 Å². The van der Waals surface area contributed by atoms with Crippen molar-refractivity contribution < 1.29 is 18.4 Å². The summed E-state index contributed by atoms with van der Waals surface area (Å²) in [5.74, 6) is 0. The zero-order valence-corrected chi connectivity index (χ0v) is 27.1. The van der Waals surface area contributed by atoms with Crippen molar-refractivity contribution in [2.24, 2.45) is 0 Å². The summed E-state index contributed by atoms with van der Waals surface area (Å²) in [7, 11) is 0. The molecule has 0 bridgehead atoms. The van der Waals surface area contributed by atoms with Crippen LogP contribution < -0.4 is 4.90 Å². The number of para-hydroxylation sites is 4. The second kappa shape index (κ2) is 11.9. The van der Waals surface area contributed by atoms with E-state index in [1.807, 2.05) is 103 Å². The number of hydrogen-bond acceptors (Lipinski definition) is 3. The van der Waals surface area contributed by atoms with E-state index in [0.29, 0.717) is 22.5 Å². The van der Waals surface area contributed by atoms with Gasteiger partial charge < -0.3 is 13.7 Å². The highest BCUT2D eigenvalue weighted by molar-refractivity contribution is 6.13. The fraction of sp³-hybridized carbons (Fsp3) is 0. The Morgan fingerprint density at radius 2 is 1.04 bits per heavy atom. The van der Waals surface area contributed by atoms with E-state index in [1.165, 1.54) is 0 Å². The fourth-order valence-electron chi connectivity index (χ4n) is 7.02. The van der Waals surface area contributed by atoms with E-state index < -0.39 is 24.2 Å². The minimum Gasteiger partial charge on any atom is -0.454 e. The average molecular weight is 661 g/mol.